The smallest absolute Gasteiger partial charge is 0.123 e. The third-order valence-corrected chi connectivity index (χ3v) is 3.33. The van der Waals surface area contributed by atoms with E-state index in [0.29, 0.717) is 6.04 Å². The molecule has 1 aromatic rings. The summed E-state index contributed by atoms with van der Waals surface area (Å²) in [6, 6.07) is 5.45. The zero-order valence-electron chi connectivity index (χ0n) is 9.26. The summed E-state index contributed by atoms with van der Waals surface area (Å²) in [6.07, 6.45) is 4.59. The Kier molecular flexibility index (Phi) is 3.77. The molecule has 0 amide bonds. The Balaban J connectivity index is 2.04. The second-order valence-electron chi connectivity index (χ2n) is 4.31. The second-order valence-corrected chi connectivity index (χ2v) is 5.17. The molecular formula is C13H15BrFN. The van der Waals surface area contributed by atoms with Gasteiger partial charge in [0.25, 0.3) is 0 Å². The van der Waals surface area contributed by atoms with Gasteiger partial charge in [0.15, 0.2) is 0 Å². The van der Waals surface area contributed by atoms with Crippen LogP contribution < -0.4 is 5.32 Å². The monoisotopic (exact) mass is 283 g/mol. The van der Waals surface area contributed by atoms with Crippen LogP contribution in [-0.4, -0.2) is 12.6 Å². The molecule has 1 aromatic carbocycles. The fourth-order valence-electron chi connectivity index (χ4n) is 1.53. The van der Waals surface area contributed by atoms with Gasteiger partial charge in [0.2, 0.25) is 0 Å². The lowest BCUT2D eigenvalue weighted by molar-refractivity contribution is 0.627. The Bertz CT molecular complexity index is 410. The maximum atomic E-state index is 13.1. The quantitative estimate of drug-likeness (QED) is 0.888. The molecule has 0 atom stereocenters. The van der Waals surface area contributed by atoms with Gasteiger partial charge >= 0.3 is 0 Å². The van der Waals surface area contributed by atoms with Crippen LogP contribution in [0, 0.1) is 5.82 Å². The lowest BCUT2D eigenvalue weighted by Crippen LogP contribution is -2.18. The van der Waals surface area contributed by atoms with Gasteiger partial charge in [-0.05, 0) is 43.5 Å². The predicted molar refractivity (Wildman–Crippen MR) is 68.8 cm³/mol. The Labute approximate surface area is 104 Å². The highest BCUT2D eigenvalue weighted by Gasteiger charge is 2.19. The summed E-state index contributed by atoms with van der Waals surface area (Å²) in [4.78, 5) is 0. The molecule has 1 nitrogen and oxygen atoms in total. The Morgan fingerprint density at radius 2 is 2.31 bits per heavy atom. The van der Waals surface area contributed by atoms with Gasteiger partial charge in [0.05, 0.1) is 0 Å². The fraction of sp³-hybridized carbons (Fsp3) is 0.385. The lowest BCUT2D eigenvalue weighted by atomic mass is 10.1. The molecular weight excluding hydrogens is 269 g/mol. The van der Waals surface area contributed by atoms with Crippen molar-refractivity contribution in [3.8, 4) is 0 Å². The highest BCUT2D eigenvalue weighted by Crippen LogP contribution is 2.21. The van der Waals surface area contributed by atoms with Gasteiger partial charge in [0.1, 0.15) is 5.82 Å². The van der Waals surface area contributed by atoms with Crippen molar-refractivity contribution >= 4 is 22.0 Å². The van der Waals surface area contributed by atoms with E-state index in [1.165, 1.54) is 24.5 Å². The molecule has 1 aliphatic rings. The van der Waals surface area contributed by atoms with E-state index in [4.69, 9.17) is 0 Å². The van der Waals surface area contributed by atoms with Crippen LogP contribution in [0.2, 0.25) is 0 Å². The molecule has 0 aromatic heterocycles. The average molecular weight is 284 g/mol. The van der Waals surface area contributed by atoms with Gasteiger partial charge in [-0.2, -0.15) is 0 Å². The summed E-state index contributed by atoms with van der Waals surface area (Å²) in [5.41, 5.74) is 2.12. The lowest BCUT2D eigenvalue weighted by Gasteiger charge is -2.04. The molecule has 0 heterocycles. The van der Waals surface area contributed by atoms with Gasteiger partial charge in [-0.3, -0.25) is 0 Å². The van der Waals surface area contributed by atoms with Crippen molar-refractivity contribution in [2.45, 2.75) is 25.8 Å². The van der Waals surface area contributed by atoms with Crippen LogP contribution in [0.4, 0.5) is 4.39 Å². The van der Waals surface area contributed by atoms with Gasteiger partial charge in [-0.1, -0.05) is 27.6 Å². The van der Waals surface area contributed by atoms with Crippen LogP contribution in [0.5, 0.6) is 0 Å². The predicted octanol–water partition coefficient (Wildman–Crippen LogP) is 3.74. The first kappa shape index (κ1) is 11.8. The Morgan fingerprint density at radius 1 is 1.56 bits per heavy atom. The van der Waals surface area contributed by atoms with Crippen LogP contribution in [0.3, 0.4) is 0 Å². The molecule has 0 unspecified atom stereocenters. The molecule has 16 heavy (non-hydrogen) atoms. The topological polar surface area (TPSA) is 12.0 Å². The van der Waals surface area contributed by atoms with Crippen molar-refractivity contribution in [2.24, 2.45) is 0 Å². The molecule has 1 aliphatic carbocycles. The van der Waals surface area contributed by atoms with Crippen molar-refractivity contribution in [3.63, 3.8) is 0 Å². The first-order valence-electron chi connectivity index (χ1n) is 5.51. The van der Waals surface area contributed by atoms with E-state index in [1.54, 1.807) is 12.1 Å². The zero-order valence-corrected chi connectivity index (χ0v) is 10.8. The van der Waals surface area contributed by atoms with Crippen LogP contribution >= 0.6 is 15.9 Å². The molecule has 0 radical (unpaired) electrons. The molecule has 0 saturated heterocycles. The summed E-state index contributed by atoms with van der Waals surface area (Å²) in [7, 11) is 0. The SMILES string of the molecule is C/C(=C/c1cc(F)ccc1Br)CNC1CC1. The van der Waals surface area contributed by atoms with Crippen LogP contribution in [0.15, 0.2) is 28.2 Å². The van der Waals surface area contributed by atoms with E-state index in [-0.39, 0.29) is 5.82 Å². The normalized spacial score (nSPS) is 16.6. The number of halogens is 2. The van der Waals surface area contributed by atoms with Gasteiger partial charge in [-0.25, -0.2) is 4.39 Å². The first-order chi connectivity index (χ1) is 7.65. The molecule has 3 heteroatoms. The number of benzene rings is 1. The minimum Gasteiger partial charge on any atom is -0.310 e. The fourth-order valence-corrected chi connectivity index (χ4v) is 1.90. The molecule has 0 bridgehead atoms. The first-order valence-corrected chi connectivity index (χ1v) is 6.30. The molecule has 1 N–H and O–H groups in total. The maximum Gasteiger partial charge on any atom is 0.123 e. The zero-order chi connectivity index (χ0) is 11.5. The molecule has 0 aliphatic heterocycles. The standard InChI is InChI=1S/C13H15BrFN/c1-9(8-16-12-3-4-12)6-10-7-11(15)2-5-13(10)14/h2,5-7,12,16H,3-4,8H2,1H3/b9-6-. The van der Waals surface area contributed by atoms with E-state index in [9.17, 15) is 4.39 Å². The minimum atomic E-state index is -0.197. The van der Waals surface area contributed by atoms with E-state index in [0.717, 1.165) is 16.6 Å². The average Bonchev–Trinajstić information content (AvgIpc) is 3.04. The summed E-state index contributed by atoms with van der Waals surface area (Å²) in [6.45, 7) is 2.94. The van der Waals surface area contributed by atoms with Crippen molar-refractivity contribution in [1.29, 1.82) is 0 Å². The van der Waals surface area contributed by atoms with Crippen LogP contribution in [0.25, 0.3) is 6.08 Å². The van der Waals surface area contributed by atoms with E-state index < -0.39 is 0 Å². The Morgan fingerprint density at radius 3 is 3.00 bits per heavy atom. The second kappa shape index (κ2) is 5.11. The highest BCUT2D eigenvalue weighted by atomic mass is 79.9. The van der Waals surface area contributed by atoms with E-state index >= 15 is 0 Å². The molecule has 1 saturated carbocycles. The van der Waals surface area contributed by atoms with Gasteiger partial charge in [0, 0.05) is 17.1 Å². The maximum absolute atomic E-state index is 13.1. The number of hydrogen-bond donors (Lipinski definition) is 1. The summed E-state index contributed by atoms with van der Waals surface area (Å²) < 4.78 is 14.0. The van der Waals surface area contributed by atoms with Crippen molar-refractivity contribution < 1.29 is 4.39 Å². The number of rotatable bonds is 4. The molecule has 1 fully saturated rings. The van der Waals surface area contributed by atoms with E-state index in [1.807, 2.05) is 6.08 Å². The summed E-state index contributed by atoms with van der Waals surface area (Å²) >= 11 is 3.42. The number of nitrogens with one attached hydrogen (secondary N) is 1. The molecule has 86 valence electrons. The Hall–Kier alpha value is -0.670. The van der Waals surface area contributed by atoms with Crippen molar-refractivity contribution in [3.05, 3.63) is 39.6 Å². The van der Waals surface area contributed by atoms with Gasteiger partial charge < -0.3 is 5.32 Å². The largest absolute Gasteiger partial charge is 0.310 e. The highest BCUT2D eigenvalue weighted by molar-refractivity contribution is 9.10. The van der Waals surface area contributed by atoms with Crippen molar-refractivity contribution in [1.82, 2.24) is 5.32 Å². The molecule has 2 rings (SSSR count). The van der Waals surface area contributed by atoms with E-state index in [2.05, 4.69) is 28.2 Å². The van der Waals surface area contributed by atoms with Gasteiger partial charge in [-0.15, -0.1) is 0 Å². The van der Waals surface area contributed by atoms with Crippen molar-refractivity contribution in [2.75, 3.05) is 6.54 Å². The molecule has 0 spiro atoms. The van der Waals surface area contributed by atoms with Crippen LogP contribution in [0.1, 0.15) is 25.3 Å². The third-order valence-electron chi connectivity index (χ3n) is 2.61. The summed E-state index contributed by atoms with van der Waals surface area (Å²) in [5, 5.41) is 3.43. The third kappa shape index (κ3) is 3.42. The number of hydrogen-bond acceptors (Lipinski definition) is 1. The van der Waals surface area contributed by atoms with Crippen LogP contribution in [-0.2, 0) is 0 Å². The minimum absolute atomic E-state index is 0.197. The summed E-state index contributed by atoms with van der Waals surface area (Å²) in [5.74, 6) is -0.197.